The Bertz CT molecular complexity index is 871. The highest BCUT2D eigenvalue weighted by atomic mass is 35.5. The van der Waals surface area contributed by atoms with E-state index in [4.69, 9.17) is 21.1 Å². The van der Waals surface area contributed by atoms with Gasteiger partial charge < -0.3 is 14.8 Å². The molecule has 3 amide bonds. The summed E-state index contributed by atoms with van der Waals surface area (Å²) in [5, 5.41) is 2.85. The van der Waals surface area contributed by atoms with Crippen LogP contribution in [0.1, 0.15) is 20.7 Å². The molecule has 8 nitrogen and oxygen atoms in total. The number of rotatable bonds is 4. The van der Waals surface area contributed by atoms with Crippen molar-refractivity contribution in [3.05, 3.63) is 58.6 Å². The maximum Gasteiger partial charge on any atom is 0.269 e. The molecule has 1 aliphatic heterocycles. The van der Waals surface area contributed by atoms with Crippen molar-refractivity contribution in [3.63, 3.8) is 0 Å². The molecule has 0 aromatic heterocycles. The molecule has 26 heavy (non-hydrogen) atoms. The number of fused-ring (bicyclic) bond motifs is 1. The highest BCUT2D eigenvalue weighted by Gasteiger charge is 2.16. The fourth-order valence-corrected chi connectivity index (χ4v) is 2.36. The lowest BCUT2D eigenvalue weighted by Gasteiger charge is -2.09. The van der Waals surface area contributed by atoms with Gasteiger partial charge in [0.15, 0.2) is 11.5 Å². The molecule has 0 unspecified atom stereocenters. The Morgan fingerprint density at radius 3 is 2.50 bits per heavy atom. The van der Waals surface area contributed by atoms with Gasteiger partial charge in [0.1, 0.15) is 0 Å². The Morgan fingerprint density at radius 1 is 0.923 bits per heavy atom. The predicted octanol–water partition coefficient (Wildman–Crippen LogP) is 1.26. The quantitative estimate of drug-likeness (QED) is 0.698. The first-order chi connectivity index (χ1) is 12.5. The summed E-state index contributed by atoms with van der Waals surface area (Å²) < 4.78 is 10.4. The highest BCUT2D eigenvalue weighted by molar-refractivity contribution is 6.30. The fraction of sp³-hybridized carbons (Fsp3) is 0.118. The van der Waals surface area contributed by atoms with Crippen LogP contribution in [0.2, 0.25) is 5.02 Å². The third kappa shape index (κ3) is 4.22. The van der Waals surface area contributed by atoms with Gasteiger partial charge in [-0.05, 0) is 36.4 Å². The second-order valence-electron chi connectivity index (χ2n) is 5.26. The first-order valence-corrected chi connectivity index (χ1v) is 7.93. The molecule has 3 rings (SSSR count). The zero-order valence-electron chi connectivity index (χ0n) is 13.4. The van der Waals surface area contributed by atoms with Crippen molar-refractivity contribution in [2.75, 3.05) is 13.3 Å². The Balaban J connectivity index is 1.46. The van der Waals surface area contributed by atoms with Gasteiger partial charge >= 0.3 is 0 Å². The highest BCUT2D eigenvalue weighted by Crippen LogP contribution is 2.32. The van der Waals surface area contributed by atoms with E-state index in [0.717, 1.165) is 0 Å². The van der Waals surface area contributed by atoms with E-state index in [0.29, 0.717) is 27.6 Å². The molecule has 0 fully saturated rings. The SMILES string of the molecule is O=C(CNC(=O)c1ccc2c(c1)OCO2)NNC(=O)c1cccc(Cl)c1. The summed E-state index contributed by atoms with van der Waals surface area (Å²) in [5.74, 6) is -0.545. The van der Waals surface area contributed by atoms with Crippen LogP contribution >= 0.6 is 11.6 Å². The van der Waals surface area contributed by atoms with E-state index in [-0.39, 0.29) is 13.3 Å². The van der Waals surface area contributed by atoms with E-state index in [9.17, 15) is 14.4 Å². The minimum Gasteiger partial charge on any atom is -0.454 e. The normalized spacial score (nSPS) is 11.6. The lowest BCUT2D eigenvalue weighted by atomic mass is 10.2. The first-order valence-electron chi connectivity index (χ1n) is 7.55. The van der Waals surface area contributed by atoms with Crippen LogP contribution in [-0.2, 0) is 4.79 Å². The molecular formula is C17H14ClN3O5. The first kappa shape index (κ1) is 17.6. The van der Waals surface area contributed by atoms with E-state index < -0.39 is 17.7 Å². The molecule has 2 aromatic carbocycles. The Hall–Kier alpha value is -3.26. The second kappa shape index (κ2) is 7.75. The average molecular weight is 376 g/mol. The van der Waals surface area contributed by atoms with Gasteiger partial charge in [-0.1, -0.05) is 17.7 Å². The minimum absolute atomic E-state index is 0.106. The average Bonchev–Trinajstić information content (AvgIpc) is 3.11. The van der Waals surface area contributed by atoms with Crippen molar-refractivity contribution >= 4 is 29.3 Å². The number of halogens is 1. The molecule has 0 radical (unpaired) electrons. The lowest BCUT2D eigenvalue weighted by Crippen LogP contribution is -2.46. The number of nitrogens with one attached hydrogen (secondary N) is 3. The van der Waals surface area contributed by atoms with E-state index in [1.54, 1.807) is 30.3 Å². The van der Waals surface area contributed by atoms with E-state index in [2.05, 4.69) is 16.2 Å². The molecule has 0 saturated carbocycles. The summed E-state index contributed by atoms with van der Waals surface area (Å²) in [6.45, 7) is -0.210. The van der Waals surface area contributed by atoms with Crippen molar-refractivity contribution in [1.29, 1.82) is 0 Å². The molecule has 0 spiro atoms. The van der Waals surface area contributed by atoms with Gasteiger partial charge in [-0.15, -0.1) is 0 Å². The Kier molecular flexibility index (Phi) is 5.23. The van der Waals surface area contributed by atoms with Gasteiger partial charge in [0, 0.05) is 16.1 Å². The van der Waals surface area contributed by atoms with Crippen molar-refractivity contribution in [1.82, 2.24) is 16.2 Å². The maximum atomic E-state index is 12.1. The van der Waals surface area contributed by atoms with Gasteiger partial charge in [0.25, 0.3) is 17.7 Å². The molecule has 0 saturated heterocycles. The number of benzene rings is 2. The summed E-state index contributed by atoms with van der Waals surface area (Å²) in [4.78, 5) is 35.7. The van der Waals surface area contributed by atoms with Crippen LogP contribution in [0.15, 0.2) is 42.5 Å². The number of ether oxygens (including phenoxy) is 2. The van der Waals surface area contributed by atoms with E-state index >= 15 is 0 Å². The molecule has 9 heteroatoms. The van der Waals surface area contributed by atoms with Gasteiger partial charge in [0.2, 0.25) is 6.79 Å². The largest absolute Gasteiger partial charge is 0.454 e. The second-order valence-corrected chi connectivity index (χ2v) is 5.70. The third-order valence-electron chi connectivity index (χ3n) is 3.45. The molecule has 0 atom stereocenters. The molecule has 134 valence electrons. The van der Waals surface area contributed by atoms with Crippen LogP contribution in [0.3, 0.4) is 0 Å². The monoisotopic (exact) mass is 375 g/mol. The molecule has 0 bridgehead atoms. The molecule has 1 aliphatic rings. The van der Waals surface area contributed by atoms with Crippen LogP contribution in [0.4, 0.5) is 0 Å². The third-order valence-corrected chi connectivity index (χ3v) is 3.68. The molecule has 3 N–H and O–H groups in total. The Labute approximate surface area is 153 Å². The summed E-state index contributed by atoms with van der Waals surface area (Å²) in [6.07, 6.45) is 0. The Morgan fingerprint density at radius 2 is 1.69 bits per heavy atom. The lowest BCUT2D eigenvalue weighted by molar-refractivity contribution is -0.120. The molecule has 2 aromatic rings. The van der Waals surface area contributed by atoms with Gasteiger partial charge in [-0.2, -0.15) is 0 Å². The number of hydrogen-bond acceptors (Lipinski definition) is 5. The van der Waals surface area contributed by atoms with Crippen molar-refractivity contribution in [2.45, 2.75) is 0 Å². The minimum atomic E-state index is -0.588. The maximum absolute atomic E-state index is 12.1. The number of hydrazine groups is 1. The van der Waals surface area contributed by atoms with Crippen LogP contribution < -0.4 is 25.6 Å². The van der Waals surface area contributed by atoms with Crippen LogP contribution in [0.5, 0.6) is 11.5 Å². The topological polar surface area (TPSA) is 106 Å². The van der Waals surface area contributed by atoms with Crippen molar-refractivity contribution in [3.8, 4) is 11.5 Å². The fourth-order valence-electron chi connectivity index (χ4n) is 2.17. The standard InChI is InChI=1S/C17H14ClN3O5/c18-12-3-1-2-10(6-12)17(24)21-20-15(22)8-19-16(23)11-4-5-13-14(7-11)26-9-25-13/h1-7H,8-9H2,(H,19,23)(H,20,22)(H,21,24). The van der Waals surface area contributed by atoms with Gasteiger partial charge in [-0.3, -0.25) is 25.2 Å². The van der Waals surface area contributed by atoms with Crippen LogP contribution in [0.25, 0.3) is 0 Å². The summed E-state index contributed by atoms with van der Waals surface area (Å²) in [7, 11) is 0. The molecular weight excluding hydrogens is 362 g/mol. The van der Waals surface area contributed by atoms with E-state index in [1.165, 1.54) is 12.1 Å². The van der Waals surface area contributed by atoms with Gasteiger partial charge in [-0.25, -0.2) is 0 Å². The number of amides is 3. The van der Waals surface area contributed by atoms with Gasteiger partial charge in [0.05, 0.1) is 6.54 Å². The summed E-state index contributed by atoms with van der Waals surface area (Å²) in [6, 6.07) is 11.0. The van der Waals surface area contributed by atoms with Crippen molar-refractivity contribution in [2.24, 2.45) is 0 Å². The van der Waals surface area contributed by atoms with E-state index in [1.807, 2.05) is 0 Å². The van der Waals surface area contributed by atoms with Crippen molar-refractivity contribution < 1.29 is 23.9 Å². The number of carbonyl (C=O) groups is 3. The number of carbonyl (C=O) groups excluding carboxylic acids is 3. The van der Waals surface area contributed by atoms with Crippen LogP contribution in [-0.4, -0.2) is 31.1 Å². The number of hydrogen-bond donors (Lipinski definition) is 3. The molecule has 0 aliphatic carbocycles. The predicted molar refractivity (Wildman–Crippen MR) is 92.0 cm³/mol. The molecule has 1 heterocycles. The van der Waals surface area contributed by atoms with Crippen LogP contribution in [0, 0.1) is 0 Å². The summed E-state index contributed by atoms with van der Waals surface area (Å²) in [5.41, 5.74) is 5.06. The zero-order valence-corrected chi connectivity index (χ0v) is 14.1. The summed E-state index contributed by atoms with van der Waals surface area (Å²) >= 11 is 5.80. The zero-order chi connectivity index (χ0) is 18.5. The smallest absolute Gasteiger partial charge is 0.269 e.